The summed E-state index contributed by atoms with van der Waals surface area (Å²) in [7, 11) is 0. The Labute approximate surface area is 169 Å². The van der Waals surface area contributed by atoms with Gasteiger partial charge in [-0.05, 0) is 30.5 Å². The van der Waals surface area contributed by atoms with E-state index in [1.54, 1.807) is 24.0 Å². The van der Waals surface area contributed by atoms with Crippen molar-refractivity contribution in [2.75, 3.05) is 24.7 Å². The molecule has 2 aromatic carbocycles. The molecule has 2 aliphatic rings. The smallest absolute Gasteiger partial charge is 0.349 e. The number of fused-ring (bicyclic) bond motifs is 2. The number of ether oxygens (including phenoxy) is 1. The number of hydrogen-bond donors (Lipinski definition) is 0. The molecular formula is C23H21N3O3. The zero-order valence-corrected chi connectivity index (χ0v) is 16.2. The minimum absolute atomic E-state index is 0.124. The van der Waals surface area contributed by atoms with Crippen molar-refractivity contribution >= 4 is 23.1 Å². The summed E-state index contributed by atoms with van der Waals surface area (Å²) in [6.07, 6.45) is 0.925. The average Bonchev–Trinajstić information content (AvgIpc) is 3.01. The van der Waals surface area contributed by atoms with Gasteiger partial charge in [-0.15, -0.1) is 0 Å². The molecule has 0 unspecified atom stereocenters. The monoisotopic (exact) mass is 387 g/mol. The zero-order chi connectivity index (χ0) is 20.4. The van der Waals surface area contributed by atoms with Gasteiger partial charge in [0.15, 0.2) is 5.57 Å². The fourth-order valence-electron chi connectivity index (χ4n) is 3.94. The number of nitrogens with zero attached hydrogens (tertiary/aromatic N) is 3. The van der Waals surface area contributed by atoms with E-state index in [9.17, 15) is 14.9 Å². The highest BCUT2D eigenvalue weighted by Crippen LogP contribution is 2.39. The summed E-state index contributed by atoms with van der Waals surface area (Å²) < 4.78 is 4.99. The Morgan fingerprint density at radius 2 is 1.86 bits per heavy atom. The third kappa shape index (κ3) is 3.41. The zero-order valence-electron chi connectivity index (χ0n) is 16.2. The summed E-state index contributed by atoms with van der Waals surface area (Å²) in [4.78, 5) is 29.4. The lowest BCUT2D eigenvalue weighted by Gasteiger charge is -2.32. The van der Waals surface area contributed by atoms with Crippen molar-refractivity contribution in [3.05, 3.63) is 70.8 Å². The number of para-hydroxylation sites is 1. The van der Waals surface area contributed by atoms with Crippen LogP contribution in [0.25, 0.3) is 5.57 Å². The average molecular weight is 387 g/mol. The van der Waals surface area contributed by atoms with Crippen LogP contribution >= 0.6 is 0 Å². The van der Waals surface area contributed by atoms with E-state index in [0.717, 1.165) is 19.5 Å². The normalized spacial score (nSPS) is 17.4. The Kier molecular flexibility index (Phi) is 5.15. The first-order chi connectivity index (χ1) is 14.1. The molecule has 0 spiro atoms. The maximum absolute atomic E-state index is 13.3. The van der Waals surface area contributed by atoms with E-state index in [4.69, 9.17) is 4.74 Å². The molecule has 0 N–H and O–H groups in total. The van der Waals surface area contributed by atoms with Crippen molar-refractivity contribution in [2.24, 2.45) is 0 Å². The molecule has 0 saturated carbocycles. The van der Waals surface area contributed by atoms with E-state index in [-0.39, 0.29) is 23.7 Å². The number of anilines is 1. The fourth-order valence-corrected chi connectivity index (χ4v) is 3.94. The van der Waals surface area contributed by atoms with Gasteiger partial charge >= 0.3 is 5.97 Å². The number of benzene rings is 2. The number of rotatable bonds is 4. The lowest BCUT2D eigenvalue weighted by Crippen LogP contribution is -2.42. The van der Waals surface area contributed by atoms with Gasteiger partial charge in [-0.2, -0.15) is 5.26 Å². The summed E-state index contributed by atoms with van der Waals surface area (Å²) in [6.45, 7) is 3.80. The molecular weight excluding hydrogens is 366 g/mol. The van der Waals surface area contributed by atoms with E-state index in [0.29, 0.717) is 17.9 Å². The van der Waals surface area contributed by atoms with Crippen LogP contribution in [0.4, 0.5) is 5.69 Å². The molecule has 146 valence electrons. The van der Waals surface area contributed by atoms with E-state index in [2.05, 4.69) is 17.0 Å². The van der Waals surface area contributed by atoms with Gasteiger partial charge in [0, 0.05) is 18.7 Å². The van der Waals surface area contributed by atoms with Crippen molar-refractivity contribution in [1.29, 1.82) is 5.26 Å². The van der Waals surface area contributed by atoms with Crippen molar-refractivity contribution in [3.8, 4) is 6.07 Å². The van der Waals surface area contributed by atoms with Crippen LogP contribution < -0.4 is 4.90 Å². The van der Waals surface area contributed by atoms with Crippen molar-refractivity contribution < 1.29 is 14.3 Å². The highest BCUT2D eigenvalue weighted by atomic mass is 16.5. The second-order valence-electron chi connectivity index (χ2n) is 7.05. The highest BCUT2D eigenvalue weighted by molar-refractivity contribution is 6.36. The van der Waals surface area contributed by atoms with Crippen LogP contribution in [0.15, 0.2) is 54.1 Å². The molecule has 2 heterocycles. The van der Waals surface area contributed by atoms with Gasteiger partial charge in [-0.25, -0.2) is 4.79 Å². The van der Waals surface area contributed by atoms with Crippen LogP contribution in [-0.4, -0.2) is 36.6 Å². The predicted molar refractivity (Wildman–Crippen MR) is 109 cm³/mol. The molecule has 0 saturated heterocycles. The molecule has 2 aliphatic heterocycles. The van der Waals surface area contributed by atoms with Crippen LogP contribution in [0.2, 0.25) is 0 Å². The Hall–Kier alpha value is -3.43. The highest BCUT2D eigenvalue weighted by Gasteiger charge is 2.37. The second-order valence-corrected chi connectivity index (χ2v) is 7.05. The number of amides is 1. The Bertz CT molecular complexity index is 1050. The molecule has 29 heavy (non-hydrogen) atoms. The molecule has 0 radical (unpaired) electrons. The van der Waals surface area contributed by atoms with Gasteiger partial charge in [0.1, 0.15) is 6.07 Å². The van der Waals surface area contributed by atoms with Gasteiger partial charge < -0.3 is 4.74 Å². The van der Waals surface area contributed by atoms with E-state index < -0.39 is 5.97 Å². The van der Waals surface area contributed by atoms with Crippen LogP contribution in [0.1, 0.15) is 23.6 Å². The lowest BCUT2D eigenvalue weighted by molar-refractivity contribution is -0.138. The minimum Gasteiger partial charge on any atom is -0.462 e. The molecule has 0 aliphatic carbocycles. The molecule has 4 rings (SSSR count). The first-order valence-corrected chi connectivity index (χ1v) is 9.66. The Morgan fingerprint density at radius 3 is 2.62 bits per heavy atom. The van der Waals surface area contributed by atoms with Gasteiger partial charge in [0.25, 0.3) is 5.91 Å². The molecule has 0 aromatic heterocycles. The fraction of sp³-hybridized carbons (Fsp3) is 0.261. The molecule has 6 heteroatoms. The summed E-state index contributed by atoms with van der Waals surface area (Å²) in [5, 5.41) is 9.55. The topological polar surface area (TPSA) is 73.6 Å². The summed E-state index contributed by atoms with van der Waals surface area (Å²) in [6, 6.07) is 17.5. The number of esters is 1. The number of nitriles is 1. The standard InChI is InChI=1S/C23H21N3O3/c1-2-29-23(28)19(13-24)21-18-9-5-6-10-20(18)26(22(21)27)15-25-12-11-16-7-3-4-8-17(16)14-25/h3-10H,2,11-12,14-15H2,1H3. The maximum atomic E-state index is 13.3. The number of carbonyl (C=O) groups excluding carboxylic acids is 2. The Balaban J connectivity index is 1.67. The molecule has 0 bridgehead atoms. The third-order valence-electron chi connectivity index (χ3n) is 5.32. The van der Waals surface area contributed by atoms with Crippen molar-refractivity contribution in [3.63, 3.8) is 0 Å². The predicted octanol–water partition coefficient (Wildman–Crippen LogP) is 2.89. The van der Waals surface area contributed by atoms with Gasteiger partial charge in [0.2, 0.25) is 0 Å². The first-order valence-electron chi connectivity index (χ1n) is 9.66. The van der Waals surface area contributed by atoms with Crippen LogP contribution in [0.3, 0.4) is 0 Å². The molecule has 2 aromatic rings. The van der Waals surface area contributed by atoms with E-state index in [1.165, 1.54) is 11.1 Å². The van der Waals surface area contributed by atoms with Gasteiger partial charge in [-0.1, -0.05) is 42.5 Å². The number of carbonyl (C=O) groups is 2. The third-order valence-corrected chi connectivity index (χ3v) is 5.32. The Morgan fingerprint density at radius 1 is 1.14 bits per heavy atom. The lowest BCUT2D eigenvalue weighted by atomic mass is 10.0. The molecule has 0 fully saturated rings. The summed E-state index contributed by atoms with van der Waals surface area (Å²) in [5.74, 6) is -1.10. The van der Waals surface area contributed by atoms with Crippen molar-refractivity contribution in [1.82, 2.24) is 4.90 Å². The molecule has 6 nitrogen and oxygen atoms in total. The summed E-state index contributed by atoms with van der Waals surface area (Å²) >= 11 is 0. The van der Waals surface area contributed by atoms with Crippen LogP contribution in [-0.2, 0) is 27.3 Å². The second kappa shape index (κ2) is 7.90. The van der Waals surface area contributed by atoms with Crippen LogP contribution in [0, 0.1) is 11.3 Å². The molecule has 0 atom stereocenters. The van der Waals surface area contributed by atoms with E-state index >= 15 is 0 Å². The quantitative estimate of drug-likeness (QED) is 0.458. The van der Waals surface area contributed by atoms with Crippen LogP contribution in [0.5, 0.6) is 0 Å². The first kappa shape index (κ1) is 18.9. The van der Waals surface area contributed by atoms with E-state index in [1.807, 2.05) is 30.3 Å². The summed E-state index contributed by atoms with van der Waals surface area (Å²) in [5.41, 5.74) is 3.79. The maximum Gasteiger partial charge on any atom is 0.349 e. The van der Waals surface area contributed by atoms with Gasteiger partial charge in [0.05, 0.1) is 24.5 Å². The van der Waals surface area contributed by atoms with Crippen molar-refractivity contribution in [2.45, 2.75) is 19.9 Å². The van der Waals surface area contributed by atoms with Gasteiger partial charge in [-0.3, -0.25) is 14.6 Å². The molecule has 1 amide bonds. The largest absolute Gasteiger partial charge is 0.462 e. The SMILES string of the molecule is CCOC(=O)C(C#N)=C1C(=O)N(CN2CCc3ccccc3C2)c2ccccc21. The minimum atomic E-state index is -0.762. The number of hydrogen-bond acceptors (Lipinski definition) is 5.